The van der Waals surface area contributed by atoms with Crippen LogP contribution in [0.25, 0.3) is 0 Å². The summed E-state index contributed by atoms with van der Waals surface area (Å²) in [4.78, 5) is 19.9. The van der Waals surface area contributed by atoms with Crippen molar-refractivity contribution < 1.29 is 4.79 Å². The van der Waals surface area contributed by atoms with Crippen molar-refractivity contribution in [1.29, 1.82) is 0 Å². The van der Waals surface area contributed by atoms with E-state index < -0.39 is 0 Å². The summed E-state index contributed by atoms with van der Waals surface area (Å²) in [5.41, 5.74) is 2.22. The average Bonchev–Trinajstić information content (AvgIpc) is 2.68. The molecule has 0 atom stereocenters. The topological polar surface area (TPSA) is 35.9 Å². The second kappa shape index (κ2) is 3.33. The lowest BCUT2D eigenvalue weighted by molar-refractivity contribution is -0.124. The Kier molecular flexibility index (Phi) is 1.96. The number of carbonyl (C=O) groups excluding carboxylic acids is 1. The third kappa shape index (κ3) is 1.30. The van der Waals surface area contributed by atoms with E-state index in [4.69, 9.17) is 0 Å². The molecule has 2 aliphatic heterocycles. The van der Waals surface area contributed by atoms with E-state index in [1.807, 2.05) is 18.2 Å². The van der Waals surface area contributed by atoms with Crippen LogP contribution in [0.15, 0.2) is 29.3 Å². The Morgan fingerprint density at radius 1 is 1.31 bits per heavy atom. The average molecular weight is 215 g/mol. The largest absolute Gasteiger partial charge is 0.336 e. The number of amides is 1. The predicted molar refractivity (Wildman–Crippen MR) is 61.3 cm³/mol. The zero-order valence-electron chi connectivity index (χ0n) is 9.18. The van der Waals surface area contributed by atoms with Crippen molar-refractivity contribution in [2.75, 3.05) is 13.1 Å². The number of benzene rings is 1. The highest BCUT2D eigenvalue weighted by Gasteiger charge is 2.32. The maximum atomic E-state index is 11.4. The van der Waals surface area contributed by atoms with Crippen LogP contribution < -0.4 is 0 Å². The van der Waals surface area contributed by atoms with Crippen molar-refractivity contribution in [2.45, 2.75) is 13.5 Å². The van der Waals surface area contributed by atoms with Crippen LogP contribution in [-0.2, 0) is 11.3 Å². The summed E-state index contributed by atoms with van der Waals surface area (Å²) in [6.45, 7) is 4.08. The molecule has 1 saturated heterocycles. The van der Waals surface area contributed by atoms with Crippen molar-refractivity contribution in [1.82, 2.24) is 9.80 Å². The van der Waals surface area contributed by atoms with E-state index in [0.717, 1.165) is 31.3 Å². The Morgan fingerprint density at radius 3 is 2.94 bits per heavy atom. The van der Waals surface area contributed by atoms with Gasteiger partial charge in [-0.05, 0) is 11.6 Å². The number of rotatable bonds is 0. The molecule has 82 valence electrons. The molecular formula is C12H13N3O. The zero-order valence-corrected chi connectivity index (χ0v) is 9.18. The lowest BCUT2D eigenvalue weighted by atomic mass is 10.1. The minimum absolute atomic E-state index is 0.0700. The molecule has 4 heteroatoms. The van der Waals surface area contributed by atoms with E-state index in [1.54, 1.807) is 11.8 Å². The van der Waals surface area contributed by atoms with Crippen molar-refractivity contribution in [2.24, 2.45) is 4.99 Å². The van der Waals surface area contributed by atoms with Crippen LogP contribution >= 0.6 is 0 Å². The van der Waals surface area contributed by atoms with Gasteiger partial charge in [-0.1, -0.05) is 18.2 Å². The highest BCUT2D eigenvalue weighted by atomic mass is 16.2. The third-order valence-electron chi connectivity index (χ3n) is 3.07. The highest BCUT2D eigenvalue weighted by Crippen LogP contribution is 2.28. The van der Waals surface area contributed by atoms with Crippen LogP contribution in [0.1, 0.15) is 12.5 Å². The van der Waals surface area contributed by atoms with Crippen LogP contribution in [0, 0.1) is 0 Å². The molecule has 1 aromatic carbocycles. The van der Waals surface area contributed by atoms with Crippen molar-refractivity contribution in [3.05, 3.63) is 29.8 Å². The monoisotopic (exact) mass is 215 g/mol. The summed E-state index contributed by atoms with van der Waals surface area (Å²) in [6, 6.07) is 8.09. The van der Waals surface area contributed by atoms with Gasteiger partial charge in [-0.2, -0.15) is 0 Å². The standard InChI is InChI=1S/C12H13N3O/c1-9(16)15-7-6-14-8-10-4-2-3-5-11(10)13-12(14)15/h2-5H,6-8H2,1H3. The molecule has 0 bridgehead atoms. The molecule has 0 aliphatic carbocycles. The normalized spacial score (nSPS) is 17.9. The van der Waals surface area contributed by atoms with Gasteiger partial charge in [-0.25, -0.2) is 4.99 Å². The molecule has 2 aliphatic rings. The zero-order chi connectivity index (χ0) is 11.1. The molecular weight excluding hydrogens is 202 g/mol. The van der Waals surface area contributed by atoms with Crippen LogP contribution in [0.5, 0.6) is 0 Å². The molecule has 0 spiro atoms. The minimum atomic E-state index is 0.0700. The number of aliphatic imine (C=N–C) groups is 1. The minimum Gasteiger partial charge on any atom is -0.336 e. The second-order valence-electron chi connectivity index (χ2n) is 4.13. The molecule has 0 aromatic heterocycles. The van der Waals surface area contributed by atoms with Crippen LogP contribution in [-0.4, -0.2) is 34.8 Å². The second-order valence-corrected chi connectivity index (χ2v) is 4.13. The summed E-state index contributed by atoms with van der Waals surface area (Å²) in [6.07, 6.45) is 0. The lowest BCUT2D eigenvalue weighted by Crippen LogP contribution is -2.37. The molecule has 4 nitrogen and oxygen atoms in total. The molecule has 0 unspecified atom stereocenters. The SMILES string of the molecule is CC(=O)N1CCN2Cc3ccccc3N=C21. The molecule has 16 heavy (non-hydrogen) atoms. The number of guanidine groups is 1. The van der Waals surface area contributed by atoms with E-state index in [1.165, 1.54) is 5.56 Å². The number of carbonyl (C=O) groups is 1. The molecule has 0 N–H and O–H groups in total. The quantitative estimate of drug-likeness (QED) is 0.655. The molecule has 0 saturated carbocycles. The summed E-state index contributed by atoms with van der Waals surface area (Å²) < 4.78 is 0. The fraction of sp³-hybridized carbons (Fsp3) is 0.333. The van der Waals surface area contributed by atoms with Crippen molar-refractivity contribution >= 4 is 17.6 Å². The van der Waals surface area contributed by atoms with Crippen LogP contribution in [0.2, 0.25) is 0 Å². The number of hydrogen-bond acceptors (Lipinski definition) is 3. The van der Waals surface area contributed by atoms with Gasteiger partial charge in [0.2, 0.25) is 11.9 Å². The van der Waals surface area contributed by atoms with Crippen LogP contribution in [0.3, 0.4) is 0 Å². The number of fused-ring (bicyclic) bond motifs is 2. The van der Waals surface area contributed by atoms with Gasteiger partial charge >= 0.3 is 0 Å². The van der Waals surface area contributed by atoms with E-state index in [9.17, 15) is 4.79 Å². The molecule has 1 amide bonds. The van der Waals surface area contributed by atoms with Gasteiger partial charge in [0, 0.05) is 26.6 Å². The Labute approximate surface area is 94.2 Å². The smallest absolute Gasteiger partial charge is 0.226 e. The van der Waals surface area contributed by atoms with Crippen molar-refractivity contribution in [3.8, 4) is 0 Å². The van der Waals surface area contributed by atoms with Gasteiger partial charge in [-0.3, -0.25) is 9.69 Å². The van der Waals surface area contributed by atoms with E-state index in [0.29, 0.717) is 0 Å². The molecule has 1 fully saturated rings. The van der Waals surface area contributed by atoms with Gasteiger partial charge in [0.05, 0.1) is 5.69 Å². The first-order chi connectivity index (χ1) is 7.75. The number of para-hydroxylation sites is 1. The van der Waals surface area contributed by atoms with Gasteiger partial charge in [0.1, 0.15) is 0 Å². The molecule has 3 rings (SSSR count). The first-order valence-electron chi connectivity index (χ1n) is 5.45. The summed E-state index contributed by atoms with van der Waals surface area (Å²) >= 11 is 0. The molecule has 1 aromatic rings. The predicted octanol–water partition coefficient (Wildman–Crippen LogP) is 1.35. The third-order valence-corrected chi connectivity index (χ3v) is 3.07. The Balaban J connectivity index is 2.04. The van der Waals surface area contributed by atoms with E-state index >= 15 is 0 Å². The van der Waals surface area contributed by atoms with E-state index in [-0.39, 0.29) is 5.91 Å². The summed E-state index contributed by atoms with van der Waals surface area (Å²) in [7, 11) is 0. The Bertz CT molecular complexity index is 481. The first kappa shape index (κ1) is 9.39. The van der Waals surface area contributed by atoms with Crippen LogP contribution in [0.4, 0.5) is 5.69 Å². The Morgan fingerprint density at radius 2 is 2.12 bits per heavy atom. The van der Waals surface area contributed by atoms with Gasteiger partial charge in [-0.15, -0.1) is 0 Å². The number of hydrogen-bond donors (Lipinski definition) is 0. The maximum Gasteiger partial charge on any atom is 0.226 e. The first-order valence-corrected chi connectivity index (χ1v) is 5.45. The van der Waals surface area contributed by atoms with Gasteiger partial charge in [0.25, 0.3) is 0 Å². The summed E-state index contributed by atoms with van der Waals surface area (Å²) in [5, 5.41) is 0. The van der Waals surface area contributed by atoms with E-state index in [2.05, 4.69) is 16.0 Å². The fourth-order valence-electron chi connectivity index (χ4n) is 2.24. The Hall–Kier alpha value is -1.84. The lowest BCUT2D eigenvalue weighted by Gasteiger charge is -2.26. The summed E-state index contributed by atoms with van der Waals surface area (Å²) in [5.74, 6) is 0.881. The maximum absolute atomic E-state index is 11.4. The molecule has 0 radical (unpaired) electrons. The van der Waals surface area contributed by atoms with Gasteiger partial charge < -0.3 is 4.90 Å². The number of nitrogens with zero attached hydrogens (tertiary/aromatic N) is 3. The van der Waals surface area contributed by atoms with Crippen molar-refractivity contribution in [3.63, 3.8) is 0 Å². The van der Waals surface area contributed by atoms with Gasteiger partial charge in [0.15, 0.2) is 0 Å². The highest BCUT2D eigenvalue weighted by molar-refractivity contribution is 5.99. The fourth-order valence-corrected chi connectivity index (χ4v) is 2.24. The molecule has 2 heterocycles.